The molecule has 0 aliphatic carbocycles. The molecule has 0 spiro atoms. The van der Waals surface area contributed by atoms with Gasteiger partial charge in [-0.15, -0.1) is 0 Å². The van der Waals surface area contributed by atoms with Crippen LogP contribution in [0.15, 0.2) is 71.3 Å². The maximum absolute atomic E-state index is 13.1. The molecule has 0 radical (unpaired) electrons. The van der Waals surface area contributed by atoms with Crippen molar-refractivity contribution in [1.82, 2.24) is 9.55 Å². The van der Waals surface area contributed by atoms with Crippen molar-refractivity contribution < 1.29 is 8.81 Å². The molecule has 0 saturated carbocycles. The third-order valence-corrected chi connectivity index (χ3v) is 3.88. The summed E-state index contributed by atoms with van der Waals surface area (Å²) in [6.07, 6.45) is 5.46. The fraction of sp³-hybridized carbons (Fsp3) is 0.0500. The predicted molar refractivity (Wildman–Crippen MR) is 92.9 cm³/mol. The van der Waals surface area contributed by atoms with Crippen molar-refractivity contribution in [3.05, 3.63) is 89.9 Å². The van der Waals surface area contributed by atoms with Crippen LogP contribution in [0.4, 0.5) is 4.39 Å². The van der Waals surface area contributed by atoms with Crippen LogP contribution in [0.3, 0.4) is 0 Å². The fourth-order valence-electron chi connectivity index (χ4n) is 2.70. The minimum Gasteiger partial charge on any atom is -0.465 e. The molecule has 0 bridgehead atoms. The first-order valence-electron chi connectivity index (χ1n) is 7.71. The van der Waals surface area contributed by atoms with Gasteiger partial charge in [-0.1, -0.05) is 24.3 Å². The highest BCUT2D eigenvalue weighted by Gasteiger charge is 2.09. The average Bonchev–Trinajstić information content (AvgIpc) is 3.23. The molecule has 2 aromatic heterocycles. The number of hydrogen-bond acceptors (Lipinski definition) is 2. The van der Waals surface area contributed by atoms with Crippen molar-refractivity contribution in [1.29, 1.82) is 0 Å². The van der Waals surface area contributed by atoms with Gasteiger partial charge in [0.05, 0.1) is 17.3 Å². The first-order valence-corrected chi connectivity index (χ1v) is 7.71. The smallest absolute Gasteiger partial charge is 0.134 e. The lowest BCUT2D eigenvalue weighted by Crippen LogP contribution is -2.02. The first-order chi connectivity index (χ1) is 11.8. The number of para-hydroxylation sites is 2. The summed E-state index contributed by atoms with van der Waals surface area (Å²) in [6.45, 7) is 0.624. The van der Waals surface area contributed by atoms with Gasteiger partial charge in [0.25, 0.3) is 0 Å². The molecule has 2 aromatic carbocycles. The number of halogens is 1. The molecule has 3 nitrogen and oxygen atoms in total. The zero-order chi connectivity index (χ0) is 16.4. The first kappa shape index (κ1) is 14.5. The highest BCUT2D eigenvalue weighted by atomic mass is 19.1. The predicted octanol–water partition coefficient (Wildman–Crippen LogP) is 4.99. The van der Waals surface area contributed by atoms with Crippen molar-refractivity contribution in [2.45, 2.75) is 6.54 Å². The van der Waals surface area contributed by atoms with Gasteiger partial charge in [-0.25, -0.2) is 9.37 Å². The molecule has 118 valence electrons. The van der Waals surface area contributed by atoms with E-state index < -0.39 is 0 Å². The molecule has 4 heteroatoms. The van der Waals surface area contributed by atoms with E-state index in [2.05, 4.69) is 9.55 Å². The number of aromatic nitrogens is 2. The standard InChI is InChI=1S/C20H15FN2O/c21-16-9-7-15(8-10-16)14-23-19-6-2-1-5-18(19)22-20(23)12-11-17-4-3-13-24-17/h1-13H,14H2/b12-11+. The average molecular weight is 318 g/mol. The quantitative estimate of drug-likeness (QED) is 0.531. The van der Waals surface area contributed by atoms with Gasteiger partial charge in [0.1, 0.15) is 17.4 Å². The highest BCUT2D eigenvalue weighted by molar-refractivity contribution is 5.79. The highest BCUT2D eigenvalue weighted by Crippen LogP contribution is 2.20. The van der Waals surface area contributed by atoms with E-state index >= 15 is 0 Å². The Balaban J connectivity index is 1.76. The number of hydrogen-bond donors (Lipinski definition) is 0. The van der Waals surface area contributed by atoms with Crippen molar-refractivity contribution in [2.75, 3.05) is 0 Å². The van der Waals surface area contributed by atoms with Crippen molar-refractivity contribution in [3.8, 4) is 0 Å². The summed E-state index contributed by atoms with van der Waals surface area (Å²) >= 11 is 0. The molecule has 0 fully saturated rings. The van der Waals surface area contributed by atoms with Crippen LogP contribution in [-0.2, 0) is 6.54 Å². The van der Waals surface area contributed by atoms with Crippen molar-refractivity contribution in [2.24, 2.45) is 0 Å². The lowest BCUT2D eigenvalue weighted by molar-refractivity contribution is 0.557. The molecule has 24 heavy (non-hydrogen) atoms. The summed E-state index contributed by atoms with van der Waals surface area (Å²) < 4.78 is 20.6. The number of benzene rings is 2. The van der Waals surface area contributed by atoms with Crippen LogP contribution in [0.1, 0.15) is 17.1 Å². The topological polar surface area (TPSA) is 31.0 Å². The second-order valence-electron chi connectivity index (χ2n) is 5.52. The Morgan fingerprint density at radius 2 is 1.79 bits per heavy atom. The van der Waals surface area contributed by atoms with E-state index in [1.807, 2.05) is 48.6 Å². The summed E-state index contributed by atoms with van der Waals surface area (Å²) in [6, 6.07) is 18.3. The molecule has 0 aliphatic rings. The third kappa shape index (κ3) is 2.86. The normalized spacial score (nSPS) is 11.5. The maximum atomic E-state index is 13.1. The number of nitrogens with zero attached hydrogens (tertiary/aromatic N) is 2. The number of imidazole rings is 1. The second-order valence-corrected chi connectivity index (χ2v) is 5.52. The van der Waals surface area contributed by atoms with Gasteiger partial charge in [-0.2, -0.15) is 0 Å². The molecule has 4 aromatic rings. The molecule has 0 amide bonds. The lowest BCUT2D eigenvalue weighted by atomic mass is 10.2. The van der Waals surface area contributed by atoms with E-state index in [-0.39, 0.29) is 5.82 Å². The van der Waals surface area contributed by atoms with Crippen molar-refractivity contribution in [3.63, 3.8) is 0 Å². The molecule has 0 N–H and O–H groups in total. The largest absolute Gasteiger partial charge is 0.465 e. The van der Waals surface area contributed by atoms with Gasteiger partial charge in [0, 0.05) is 6.54 Å². The summed E-state index contributed by atoms with van der Waals surface area (Å²) in [4.78, 5) is 4.69. The fourth-order valence-corrected chi connectivity index (χ4v) is 2.70. The second kappa shape index (κ2) is 6.16. The van der Waals surface area contributed by atoms with E-state index in [9.17, 15) is 4.39 Å². The Hall–Kier alpha value is -3.14. The SMILES string of the molecule is Fc1ccc(Cn2c(/C=C/c3ccco3)nc3ccccc32)cc1. The molecule has 0 aliphatic heterocycles. The van der Waals surface area contributed by atoms with E-state index in [0.717, 1.165) is 28.2 Å². The Morgan fingerprint density at radius 3 is 2.58 bits per heavy atom. The van der Waals surface area contributed by atoms with Crippen LogP contribution in [-0.4, -0.2) is 9.55 Å². The van der Waals surface area contributed by atoms with Crippen LogP contribution in [0.2, 0.25) is 0 Å². The summed E-state index contributed by atoms with van der Waals surface area (Å²) in [5.41, 5.74) is 2.99. The Kier molecular flexibility index (Phi) is 3.71. The minimum atomic E-state index is -0.229. The Bertz CT molecular complexity index is 982. The maximum Gasteiger partial charge on any atom is 0.134 e. The molecule has 2 heterocycles. The number of rotatable bonds is 4. The number of fused-ring (bicyclic) bond motifs is 1. The third-order valence-electron chi connectivity index (χ3n) is 3.88. The molecular weight excluding hydrogens is 303 g/mol. The zero-order valence-corrected chi connectivity index (χ0v) is 12.9. The molecule has 0 saturated heterocycles. The van der Waals surface area contributed by atoms with E-state index in [0.29, 0.717) is 6.54 Å². The molecule has 0 unspecified atom stereocenters. The summed E-state index contributed by atoms with van der Waals surface area (Å²) in [7, 11) is 0. The minimum absolute atomic E-state index is 0.229. The van der Waals surface area contributed by atoms with Gasteiger partial charge < -0.3 is 8.98 Å². The van der Waals surface area contributed by atoms with Crippen LogP contribution in [0.25, 0.3) is 23.2 Å². The van der Waals surface area contributed by atoms with Crippen LogP contribution >= 0.6 is 0 Å². The summed E-state index contributed by atoms with van der Waals surface area (Å²) in [5, 5.41) is 0. The van der Waals surface area contributed by atoms with Gasteiger partial charge in [-0.05, 0) is 54.1 Å². The molecular formula is C20H15FN2O. The van der Waals surface area contributed by atoms with Gasteiger partial charge in [0.2, 0.25) is 0 Å². The van der Waals surface area contributed by atoms with Gasteiger partial charge in [0.15, 0.2) is 0 Å². The Labute approximate surface area is 138 Å². The lowest BCUT2D eigenvalue weighted by Gasteiger charge is -2.07. The number of furan rings is 1. The van der Waals surface area contributed by atoms with Crippen LogP contribution < -0.4 is 0 Å². The molecule has 4 rings (SSSR count). The van der Waals surface area contributed by atoms with E-state index in [1.54, 1.807) is 18.4 Å². The van der Waals surface area contributed by atoms with Crippen molar-refractivity contribution >= 4 is 23.2 Å². The van der Waals surface area contributed by atoms with E-state index in [4.69, 9.17) is 4.42 Å². The van der Waals surface area contributed by atoms with Crippen LogP contribution in [0.5, 0.6) is 0 Å². The Morgan fingerprint density at radius 1 is 0.958 bits per heavy atom. The van der Waals surface area contributed by atoms with E-state index in [1.165, 1.54) is 12.1 Å². The van der Waals surface area contributed by atoms with Gasteiger partial charge in [-0.3, -0.25) is 0 Å². The summed E-state index contributed by atoms with van der Waals surface area (Å²) in [5.74, 6) is 1.37. The molecule has 0 atom stereocenters. The van der Waals surface area contributed by atoms with Gasteiger partial charge >= 0.3 is 0 Å². The zero-order valence-electron chi connectivity index (χ0n) is 12.9. The van der Waals surface area contributed by atoms with Crippen LogP contribution in [0, 0.1) is 5.82 Å². The monoisotopic (exact) mass is 318 g/mol.